The molecular formula is C24H32ClN3OS. The van der Waals surface area contributed by atoms with E-state index in [1.165, 1.54) is 11.1 Å². The van der Waals surface area contributed by atoms with E-state index in [-0.39, 0.29) is 10.6 Å². The lowest BCUT2D eigenvalue weighted by atomic mass is 9.87. The Hall–Kier alpha value is -1.95. The second-order valence-corrected chi connectivity index (χ2v) is 9.30. The molecule has 2 rings (SSSR count). The van der Waals surface area contributed by atoms with Crippen LogP contribution in [0, 0.1) is 6.92 Å². The number of hydrogen-bond donors (Lipinski definition) is 1. The summed E-state index contributed by atoms with van der Waals surface area (Å²) in [6.45, 7) is 12.7. The Labute approximate surface area is 191 Å². The van der Waals surface area contributed by atoms with Crippen LogP contribution < -0.4 is 10.5 Å². The monoisotopic (exact) mass is 445 g/mol. The fourth-order valence-electron chi connectivity index (χ4n) is 2.93. The summed E-state index contributed by atoms with van der Waals surface area (Å²) in [6, 6.07) is 11.8. The average molecular weight is 446 g/mol. The van der Waals surface area contributed by atoms with E-state index in [0.717, 1.165) is 30.6 Å². The third-order valence-corrected chi connectivity index (χ3v) is 5.62. The molecule has 0 aliphatic heterocycles. The lowest BCUT2D eigenvalue weighted by Gasteiger charge is -2.19. The molecule has 0 aromatic heterocycles. The van der Waals surface area contributed by atoms with Crippen molar-refractivity contribution in [3.63, 3.8) is 0 Å². The van der Waals surface area contributed by atoms with Gasteiger partial charge in [0.15, 0.2) is 0 Å². The number of benzene rings is 2. The lowest BCUT2D eigenvalue weighted by Crippen LogP contribution is -2.20. The highest BCUT2D eigenvalue weighted by Crippen LogP contribution is 2.29. The molecule has 162 valence electrons. The molecule has 2 aromatic rings. The minimum Gasteiger partial charge on any atom is -0.429 e. The van der Waals surface area contributed by atoms with Crippen molar-refractivity contribution >= 4 is 34.8 Å². The minimum absolute atomic E-state index is 0.0344. The molecule has 0 aliphatic rings. The van der Waals surface area contributed by atoms with Crippen LogP contribution in [0.15, 0.2) is 41.4 Å². The summed E-state index contributed by atoms with van der Waals surface area (Å²) in [7, 11) is 2.10. The topological polar surface area (TPSA) is 50.8 Å². The summed E-state index contributed by atoms with van der Waals surface area (Å²) in [5, 5.41) is 0.549. The second-order valence-electron chi connectivity index (χ2n) is 8.55. The Morgan fingerprint density at radius 3 is 2.40 bits per heavy atom. The van der Waals surface area contributed by atoms with Gasteiger partial charge in [0.1, 0.15) is 11.6 Å². The van der Waals surface area contributed by atoms with Crippen molar-refractivity contribution < 1.29 is 4.74 Å². The summed E-state index contributed by atoms with van der Waals surface area (Å²) in [6.07, 6.45) is 0.927. The lowest BCUT2D eigenvalue weighted by molar-refractivity contribution is 0.357. The van der Waals surface area contributed by atoms with Crippen LogP contribution in [0.1, 0.15) is 49.9 Å². The summed E-state index contributed by atoms with van der Waals surface area (Å²) in [4.78, 5) is 6.50. The van der Waals surface area contributed by atoms with Crippen molar-refractivity contribution in [1.29, 1.82) is 0 Å². The number of thiocarbonyl (C=S) groups is 1. The van der Waals surface area contributed by atoms with Gasteiger partial charge in [-0.1, -0.05) is 63.6 Å². The quantitative estimate of drug-likeness (QED) is 0.362. The number of halogens is 1. The van der Waals surface area contributed by atoms with Gasteiger partial charge in [0, 0.05) is 12.1 Å². The molecule has 2 N–H and O–H groups in total. The van der Waals surface area contributed by atoms with Crippen LogP contribution in [-0.4, -0.2) is 36.0 Å². The van der Waals surface area contributed by atoms with E-state index in [1.54, 1.807) is 0 Å². The molecule has 2 aromatic carbocycles. The molecule has 0 saturated heterocycles. The highest BCUT2D eigenvalue weighted by molar-refractivity contribution is 7.80. The minimum atomic E-state index is 0.0344. The molecule has 0 heterocycles. The molecule has 0 unspecified atom stereocenters. The molecule has 30 heavy (non-hydrogen) atoms. The summed E-state index contributed by atoms with van der Waals surface area (Å²) in [5.41, 5.74) is 10.5. The van der Waals surface area contributed by atoms with E-state index in [1.807, 2.05) is 31.2 Å². The van der Waals surface area contributed by atoms with E-state index in [9.17, 15) is 0 Å². The molecule has 0 atom stereocenters. The maximum absolute atomic E-state index is 6.43. The van der Waals surface area contributed by atoms with Gasteiger partial charge in [0.25, 0.3) is 5.17 Å². The predicted octanol–water partition coefficient (Wildman–Crippen LogP) is 5.51. The molecule has 0 amide bonds. The average Bonchev–Trinajstić information content (AvgIpc) is 2.68. The van der Waals surface area contributed by atoms with E-state index in [0.29, 0.717) is 16.6 Å². The van der Waals surface area contributed by atoms with Gasteiger partial charge in [-0.3, -0.25) is 0 Å². The second kappa shape index (κ2) is 10.4. The van der Waals surface area contributed by atoms with E-state index in [4.69, 9.17) is 34.3 Å². The standard InChI is InChI=1S/C24H32ClN3OS/c1-7-28(6)13-12-18-15-20(25)21(14-16(18)2)29-23(30)27-22(26)17-8-10-19(11-9-17)24(3,4)5/h8-11,14-15H,7,12-13H2,1-6H3,(H2,26,27,30). The maximum atomic E-state index is 6.43. The number of nitrogens with two attached hydrogens (primary N) is 1. The van der Waals surface area contributed by atoms with Gasteiger partial charge in [-0.05, 0) is 73.4 Å². The highest BCUT2D eigenvalue weighted by Gasteiger charge is 2.14. The Balaban J connectivity index is 2.10. The van der Waals surface area contributed by atoms with Crippen molar-refractivity contribution in [1.82, 2.24) is 4.90 Å². The third-order valence-electron chi connectivity index (χ3n) is 5.15. The first-order chi connectivity index (χ1) is 14.0. The SMILES string of the molecule is CCN(C)CCc1cc(Cl)c(OC(=S)N=C(N)c2ccc(C(C)(C)C)cc2)cc1C. The van der Waals surface area contributed by atoms with E-state index in [2.05, 4.69) is 56.8 Å². The first-order valence-corrected chi connectivity index (χ1v) is 10.9. The van der Waals surface area contributed by atoms with Crippen molar-refractivity contribution in [2.75, 3.05) is 20.1 Å². The van der Waals surface area contributed by atoms with Crippen LogP contribution in [0.25, 0.3) is 0 Å². The normalized spacial score (nSPS) is 12.3. The highest BCUT2D eigenvalue weighted by atomic mass is 35.5. The number of likely N-dealkylation sites (N-methyl/N-ethyl adjacent to an activating group) is 1. The van der Waals surface area contributed by atoms with Gasteiger partial charge in [-0.15, -0.1) is 0 Å². The summed E-state index contributed by atoms with van der Waals surface area (Å²) in [5.74, 6) is 0.805. The zero-order chi connectivity index (χ0) is 22.5. The molecule has 6 heteroatoms. The maximum Gasteiger partial charge on any atom is 0.290 e. The number of nitrogens with zero attached hydrogens (tertiary/aromatic N) is 2. The van der Waals surface area contributed by atoms with Gasteiger partial charge in [-0.2, -0.15) is 4.99 Å². The number of rotatable bonds is 6. The first-order valence-electron chi connectivity index (χ1n) is 10.2. The van der Waals surface area contributed by atoms with E-state index >= 15 is 0 Å². The fourth-order valence-corrected chi connectivity index (χ4v) is 3.35. The Kier molecular flexibility index (Phi) is 8.42. The zero-order valence-corrected chi connectivity index (χ0v) is 20.3. The predicted molar refractivity (Wildman–Crippen MR) is 132 cm³/mol. The fraction of sp³-hybridized carbons (Fsp3) is 0.417. The van der Waals surface area contributed by atoms with Crippen LogP contribution >= 0.6 is 23.8 Å². The van der Waals surface area contributed by atoms with Crippen LogP contribution in [0.4, 0.5) is 0 Å². The van der Waals surface area contributed by atoms with Crippen molar-refractivity contribution in [3.05, 3.63) is 63.7 Å². The largest absolute Gasteiger partial charge is 0.429 e. The van der Waals surface area contributed by atoms with Gasteiger partial charge in [-0.25, -0.2) is 0 Å². The Bertz CT molecular complexity index is 917. The summed E-state index contributed by atoms with van der Waals surface area (Å²) < 4.78 is 5.72. The van der Waals surface area contributed by atoms with Gasteiger partial charge >= 0.3 is 0 Å². The Morgan fingerprint density at radius 2 is 1.83 bits per heavy atom. The molecule has 0 spiro atoms. The summed E-state index contributed by atoms with van der Waals surface area (Å²) >= 11 is 11.7. The number of hydrogen-bond acceptors (Lipinski definition) is 3. The number of amidine groups is 1. The van der Waals surface area contributed by atoms with Gasteiger partial charge in [0.2, 0.25) is 0 Å². The van der Waals surface area contributed by atoms with Crippen LogP contribution in [-0.2, 0) is 11.8 Å². The van der Waals surface area contributed by atoms with Crippen molar-refractivity contribution in [2.24, 2.45) is 10.7 Å². The first kappa shape index (κ1) is 24.3. The number of aryl methyl sites for hydroxylation is 1. The molecule has 0 bridgehead atoms. The van der Waals surface area contributed by atoms with Gasteiger partial charge < -0.3 is 15.4 Å². The van der Waals surface area contributed by atoms with Crippen LogP contribution in [0.3, 0.4) is 0 Å². The van der Waals surface area contributed by atoms with Crippen LogP contribution in [0.5, 0.6) is 5.75 Å². The molecule has 0 radical (unpaired) electrons. The van der Waals surface area contributed by atoms with Crippen molar-refractivity contribution in [2.45, 2.75) is 46.5 Å². The number of aliphatic imine (C=N–C) groups is 1. The molecule has 0 fully saturated rings. The molecule has 4 nitrogen and oxygen atoms in total. The zero-order valence-electron chi connectivity index (χ0n) is 18.8. The number of ether oxygens (including phenoxy) is 1. The molecular weight excluding hydrogens is 414 g/mol. The van der Waals surface area contributed by atoms with Crippen LogP contribution in [0.2, 0.25) is 5.02 Å². The smallest absolute Gasteiger partial charge is 0.290 e. The van der Waals surface area contributed by atoms with Crippen molar-refractivity contribution in [3.8, 4) is 5.75 Å². The van der Waals surface area contributed by atoms with Gasteiger partial charge in [0.05, 0.1) is 5.02 Å². The molecule has 0 aliphatic carbocycles. The van der Waals surface area contributed by atoms with E-state index < -0.39 is 0 Å². The molecule has 0 saturated carbocycles. The third kappa shape index (κ3) is 6.79. The Morgan fingerprint density at radius 1 is 1.20 bits per heavy atom.